The highest BCUT2D eigenvalue weighted by Crippen LogP contribution is 2.58. The molecule has 4 nitrogen and oxygen atoms in total. The van der Waals surface area contributed by atoms with Gasteiger partial charge in [-0.25, -0.2) is 4.98 Å². The lowest BCUT2D eigenvalue weighted by atomic mass is 9.92. The highest BCUT2D eigenvalue weighted by Gasteiger charge is 2.57. The van der Waals surface area contributed by atoms with Crippen LogP contribution in [0, 0.1) is 24.2 Å². The molecule has 1 saturated carbocycles. The molecule has 2 fully saturated rings. The second kappa shape index (κ2) is 5.69. The van der Waals surface area contributed by atoms with Crippen LogP contribution < -0.4 is 10.6 Å². The highest BCUT2D eigenvalue weighted by atomic mass is 32.1. The fraction of sp³-hybridized carbons (Fsp3) is 0.750. The summed E-state index contributed by atoms with van der Waals surface area (Å²) >= 11 is 1.61. The van der Waals surface area contributed by atoms with Gasteiger partial charge in [0.15, 0.2) is 0 Å². The van der Waals surface area contributed by atoms with Crippen molar-refractivity contribution in [2.24, 2.45) is 17.3 Å². The van der Waals surface area contributed by atoms with Gasteiger partial charge in [-0.05, 0) is 57.0 Å². The molecule has 5 heteroatoms. The molecule has 2 N–H and O–H groups in total. The summed E-state index contributed by atoms with van der Waals surface area (Å²) in [6.07, 6.45) is 4.29. The maximum absolute atomic E-state index is 12.5. The molecule has 1 atom stereocenters. The maximum Gasteiger partial charge on any atom is 0.228 e. The zero-order valence-corrected chi connectivity index (χ0v) is 14.0. The first kappa shape index (κ1) is 15.0. The van der Waals surface area contributed by atoms with Crippen LogP contribution in [0.1, 0.15) is 43.8 Å². The van der Waals surface area contributed by atoms with Crippen molar-refractivity contribution < 1.29 is 4.79 Å². The van der Waals surface area contributed by atoms with E-state index in [9.17, 15) is 4.79 Å². The molecule has 1 aromatic heterocycles. The number of carbonyl (C=O) groups excluding carboxylic acids is 1. The Labute approximate surface area is 130 Å². The molecule has 3 rings (SSSR count). The number of aryl methyl sites for hydroxylation is 1. The summed E-state index contributed by atoms with van der Waals surface area (Å²) in [6, 6.07) is 0. The first-order chi connectivity index (χ1) is 10.00. The second-order valence-electron chi connectivity index (χ2n) is 6.97. The number of thiazole rings is 1. The van der Waals surface area contributed by atoms with E-state index in [1.807, 2.05) is 6.92 Å². The summed E-state index contributed by atoms with van der Waals surface area (Å²) in [6.45, 7) is 8.50. The van der Waals surface area contributed by atoms with Gasteiger partial charge in [0.1, 0.15) is 5.00 Å². The molecule has 1 spiro atoms. The fourth-order valence-corrected chi connectivity index (χ4v) is 4.34. The van der Waals surface area contributed by atoms with Gasteiger partial charge in [-0.1, -0.05) is 13.8 Å². The van der Waals surface area contributed by atoms with Gasteiger partial charge in [0.25, 0.3) is 0 Å². The lowest BCUT2D eigenvalue weighted by Crippen LogP contribution is -2.31. The van der Waals surface area contributed by atoms with E-state index >= 15 is 0 Å². The molecule has 1 aromatic rings. The Morgan fingerprint density at radius 3 is 2.86 bits per heavy atom. The molecule has 2 aliphatic rings. The number of piperidine rings is 1. The zero-order valence-electron chi connectivity index (χ0n) is 13.2. The van der Waals surface area contributed by atoms with Crippen molar-refractivity contribution >= 4 is 22.2 Å². The average molecular weight is 307 g/mol. The first-order valence-electron chi connectivity index (χ1n) is 7.98. The number of aromatic nitrogens is 1. The van der Waals surface area contributed by atoms with Crippen LogP contribution in [0.15, 0.2) is 0 Å². The number of nitrogens with zero attached hydrogens (tertiary/aromatic N) is 1. The minimum Gasteiger partial charge on any atom is -0.317 e. The van der Waals surface area contributed by atoms with Crippen molar-refractivity contribution in [2.75, 3.05) is 18.4 Å². The maximum atomic E-state index is 12.5. The third kappa shape index (κ3) is 3.14. The van der Waals surface area contributed by atoms with Crippen LogP contribution >= 0.6 is 11.3 Å². The molecule has 1 saturated heterocycles. The lowest BCUT2D eigenvalue weighted by Gasteiger charge is -2.23. The number of hydrogen-bond donors (Lipinski definition) is 2. The van der Waals surface area contributed by atoms with Crippen LogP contribution in [0.4, 0.5) is 5.00 Å². The Bertz CT molecular complexity index is 532. The SMILES string of the molecule is Cc1nc(CC(C)C)c(NC(=O)C2CC23CCNCC3)s1. The lowest BCUT2D eigenvalue weighted by molar-refractivity contribution is -0.118. The van der Waals surface area contributed by atoms with Crippen molar-refractivity contribution in [2.45, 2.75) is 46.5 Å². The normalized spacial score (nSPS) is 23.5. The van der Waals surface area contributed by atoms with E-state index in [1.165, 1.54) is 0 Å². The van der Waals surface area contributed by atoms with E-state index in [0.717, 1.165) is 54.5 Å². The van der Waals surface area contributed by atoms with Crippen molar-refractivity contribution in [3.05, 3.63) is 10.7 Å². The predicted molar refractivity (Wildman–Crippen MR) is 86.7 cm³/mol. The molecule has 2 heterocycles. The summed E-state index contributed by atoms with van der Waals surface area (Å²) in [5, 5.41) is 8.56. The molecule has 0 bridgehead atoms. The molecule has 0 radical (unpaired) electrons. The van der Waals surface area contributed by atoms with E-state index in [2.05, 4.69) is 29.5 Å². The van der Waals surface area contributed by atoms with Gasteiger partial charge >= 0.3 is 0 Å². The van der Waals surface area contributed by atoms with Gasteiger partial charge in [0.2, 0.25) is 5.91 Å². The Morgan fingerprint density at radius 2 is 2.19 bits per heavy atom. The summed E-state index contributed by atoms with van der Waals surface area (Å²) < 4.78 is 0. The predicted octanol–water partition coefficient (Wildman–Crippen LogP) is 2.98. The van der Waals surface area contributed by atoms with Gasteiger partial charge in [-0.2, -0.15) is 0 Å². The van der Waals surface area contributed by atoms with Crippen LogP contribution in [0.25, 0.3) is 0 Å². The highest BCUT2D eigenvalue weighted by molar-refractivity contribution is 7.16. The topological polar surface area (TPSA) is 54.0 Å². The van der Waals surface area contributed by atoms with Gasteiger partial charge in [-0.3, -0.25) is 4.79 Å². The van der Waals surface area contributed by atoms with Crippen LogP contribution in [0.3, 0.4) is 0 Å². The Morgan fingerprint density at radius 1 is 1.48 bits per heavy atom. The number of carbonyl (C=O) groups is 1. The minimum atomic E-state index is 0.213. The van der Waals surface area contributed by atoms with E-state index in [4.69, 9.17) is 0 Å². The van der Waals surface area contributed by atoms with Crippen molar-refractivity contribution in [1.29, 1.82) is 0 Å². The fourth-order valence-electron chi connectivity index (χ4n) is 3.49. The molecule has 116 valence electrons. The molecule has 1 amide bonds. The second-order valence-corrected chi connectivity index (χ2v) is 8.17. The smallest absolute Gasteiger partial charge is 0.228 e. The molecular formula is C16H25N3OS. The van der Waals surface area contributed by atoms with Crippen LogP contribution in [-0.4, -0.2) is 24.0 Å². The van der Waals surface area contributed by atoms with Gasteiger partial charge in [0.05, 0.1) is 10.7 Å². The van der Waals surface area contributed by atoms with E-state index in [-0.39, 0.29) is 11.8 Å². The third-order valence-electron chi connectivity index (χ3n) is 4.75. The Balaban J connectivity index is 1.65. The summed E-state index contributed by atoms with van der Waals surface area (Å²) in [7, 11) is 0. The molecular weight excluding hydrogens is 282 g/mol. The number of rotatable bonds is 4. The summed E-state index contributed by atoms with van der Waals surface area (Å²) in [5.41, 5.74) is 1.36. The first-order valence-corrected chi connectivity index (χ1v) is 8.80. The van der Waals surface area contributed by atoms with E-state index in [0.29, 0.717) is 11.3 Å². The number of anilines is 1. The van der Waals surface area contributed by atoms with E-state index < -0.39 is 0 Å². The number of hydrogen-bond acceptors (Lipinski definition) is 4. The van der Waals surface area contributed by atoms with Crippen LogP contribution in [0.2, 0.25) is 0 Å². The Hall–Kier alpha value is -0.940. The van der Waals surface area contributed by atoms with Crippen molar-refractivity contribution in [3.63, 3.8) is 0 Å². The molecule has 21 heavy (non-hydrogen) atoms. The quantitative estimate of drug-likeness (QED) is 0.899. The Kier molecular flexibility index (Phi) is 4.06. The number of nitrogens with one attached hydrogen (secondary N) is 2. The van der Waals surface area contributed by atoms with Crippen molar-refractivity contribution in [3.8, 4) is 0 Å². The average Bonchev–Trinajstić information content (AvgIpc) is 3.00. The third-order valence-corrected chi connectivity index (χ3v) is 5.68. The van der Waals surface area contributed by atoms with Gasteiger partial charge < -0.3 is 10.6 Å². The van der Waals surface area contributed by atoms with E-state index in [1.54, 1.807) is 11.3 Å². The van der Waals surface area contributed by atoms with Gasteiger partial charge in [0, 0.05) is 5.92 Å². The zero-order chi connectivity index (χ0) is 15.0. The molecule has 0 aromatic carbocycles. The van der Waals surface area contributed by atoms with Crippen molar-refractivity contribution in [1.82, 2.24) is 10.3 Å². The molecule has 1 unspecified atom stereocenters. The number of amides is 1. The van der Waals surface area contributed by atoms with Crippen LogP contribution in [0.5, 0.6) is 0 Å². The largest absolute Gasteiger partial charge is 0.317 e. The van der Waals surface area contributed by atoms with Crippen LogP contribution in [-0.2, 0) is 11.2 Å². The minimum absolute atomic E-state index is 0.213. The van der Waals surface area contributed by atoms with Gasteiger partial charge in [-0.15, -0.1) is 11.3 Å². The molecule has 1 aliphatic carbocycles. The summed E-state index contributed by atoms with van der Waals surface area (Å²) in [4.78, 5) is 17.1. The monoisotopic (exact) mass is 307 g/mol. The molecule has 1 aliphatic heterocycles. The standard InChI is InChI=1S/C16H25N3OS/c1-10(2)8-13-15(21-11(3)18-13)19-14(20)12-9-16(12)4-6-17-7-5-16/h10,12,17H,4-9H2,1-3H3,(H,19,20). The summed E-state index contributed by atoms with van der Waals surface area (Å²) in [5.74, 6) is 0.985.